The second-order valence-corrected chi connectivity index (χ2v) is 2.93. The summed E-state index contributed by atoms with van der Waals surface area (Å²) in [6.07, 6.45) is 3.51. The van der Waals surface area contributed by atoms with Crippen molar-refractivity contribution < 1.29 is 5.11 Å². The summed E-state index contributed by atoms with van der Waals surface area (Å²) in [5.41, 5.74) is 7.42. The highest BCUT2D eigenvalue weighted by Crippen LogP contribution is 2.20. The summed E-state index contributed by atoms with van der Waals surface area (Å²) in [7, 11) is 0. The Bertz CT molecular complexity index is 410. The van der Waals surface area contributed by atoms with E-state index in [-0.39, 0.29) is 12.6 Å². The molecule has 2 aromatic heterocycles. The van der Waals surface area contributed by atoms with Crippen molar-refractivity contribution in [2.24, 2.45) is 5.73 Å². The molecule has 0 aliphatic carbocycles. The summed E-state index contributed by atoms with van der Waals surface area (Å²) in [5, 5.41) is 9.88. The Hall–Kier alpha value is -1.39. The Morgan fingerprint density at radius 1 is 1.62 bits per heavy atom. The van der Waals surface area contributed by atoms with Crippen LogP contribution in [0.1, 0.15) is 11.6 Å². The first kappa shape index (κ1) is 8.22. The number of rotatable bonds is 2. The first-order valence-corrected chi connectivity index (χ1v) is 4.11. The highest BCUT2D eigenvalue weighted by molar-refractivity contribution is 5.79. The molecule has 13 heavy (non-hydrogen) atoms. The third-order valence-electron chi connectivity index (χ3n) is 2.08. The molecule has 0 aliphatic rings. The van der Waals surface area contributed by atoms with Gasteiger partial charge in [0.05, 0.1) is 12.6 Å². The Labute approximate surface area is 75.4 Å². The van der Waals surface area contributed by atoms with Crippen LogP contribution in [0.2, 0.25) is 0 Å². The molecule has 0 bridgehead atoms. The van der Waals surface area contributed by atoms with Gasteiger partial charge in [0, 0.05) is 17.8 Å². The molecule has 0 aliphatic heterocycles. The fourth-order valence-electron chi connectivity index (χ4n) is 1.38. The molecule has 0 saturated carbocycles. The molecule has 0 spiro atoms. The Morgan fingerprint density at radius 3 is 3.23 bits per heavy atom. The zero-order chi connectivity index (χ0) is 9.26. The van der Waals surface area contributed by atoms with Crippen molar-refractivity contribution in [3.8, 4) is 0 Å². The predicted octanol–water partition coefficient (Wildman–Crippen LogP) is 0.555. The summed E-state index contributed by atoms with van der Waals surface area (Å²) in [6, 6.07) is 3.45. The Kier molecular flexibility index (Phi) is 2.00. The molecule has 1 atom stereocenters. The van der Waals surface area contributed by atoms with Crippen LogP contribution in [-0.2, 0) is 0 Å². The van der Waals surface area contributed by atoms with Crippen LogP contribution in [0.4, 0.5) is 0 Å². The first-order chi connectivity index (χ1) is 6.33. The van der Waals surface area contributed by atoms with Gasteiger partial charge in [0.15, 0.2) is 0 Å². The number of aromatic amines is 1. The van der Waals surface area contributed by atoms with E-state index in [1.54, 1.807) is 12.4 Å². The average Bonchev–Trinajstić information content (AvgIpc) is 2.60. The summed E-state index contributed by atoms with van der Waals surface area (Å²) < 4.78 is 0. The normalized spacial score (nSPS) is 13.4. The number of nitrogens with zero attached hydrogens (tertiary/aromatic N) is 1. The highest BCUT2D eigenvalue weighted by atomic mass is 16.3. The van der Waals surface area contributed by atoms with Crippen LogP contribution in [-0.4, -0.2) is 21.7 Å². The molecule has 4 N–H and O–H groups in total. The van der Waals surface area contributed by atoms with Gasteiger partial charge in [-0.25, -0.2) is 4.98 Å². The number of hydrogen-bond acceptors (Lipinski definition) is 3. The minimum atomic E-state index is -0.335. The summed E-state index contributed by atoms with van der Waals surface area (Å²) in [6.45, 7) is -0.0537. The van der Waals surface area contributed by atoms with Gasteiger partial charge in [0.2, 0.25) is 0 Å². The van der Waals surface area contributed by atoms with Crippen molar-refractivity contribution in [1.82, 2.24) is 9.97 Å². The molecule has 4 nitrogen and oxygen atoms in total. The fourth-order valence-corrected chi connectivity index (χ4v) is 1.38. The SMILES string of the molecule is NC(CO)c1c[nH]c2ncccc12. The second kappa shape index (κ2) is 3.16. The molecule has 2 rings (SSSR count). The van der Waals surface area contributed by atoms with Crippen molar-refractivity contribution >= 4 is 11.0 Å². The average molecular weight is 177 g/mol. The molecule has 2 aromatic rings. The summed E-state index contributed by atoms with van der Waals surface area (Å²) >= 11 is 0. The largest absolute Gasteiger partial charge is 0.394 e. The van der Waals surface area contributed by atoms with E-state index in [1.807, 2.05) is 12.1 Å². The number of fused-ring (bicyclic) bond motifs is 1. The van der Waals surface area contributed by atoms with Gasteiger partial charge in [-0.1, -0.05) is 0 Å². The lowest BCUT2D eigenvalue weighted by Crippen LogP contribution is -2.13. The van der Waals surface area contributed by atoms with E-state index in [2.05, 4.69) is 9.97 Å². The molecule has 0 aromatic carbocycles. The topological polar surface area (TPSA) is 74.9 Å². The van der Waals surface area contributed by atoms with Crippen LogP contribution in [0, 0.1) is 0 Å². The Morgan fingerprint density at radius 2 is 2.46 bits per heavy atom. The van der Waals surface area contributed by atoms with Crippen molar-refractivity contribution in [1.29, 1.82) is 0 Å². The van der Waals surface area contributed by atoms with Crippen LogP contribution in [0.15, 0.2) is 24.5 Å². The van der Waals surface area contributed by atoms with E-state index >= 15 is 0 Å². The van der Waals surface area contributed by atoms with Gasteiger partial charge in [0.25, 0.3) is 0 Å². The number of hydrogen-bond donors (Lipinski definition) is 3. The molecule has 68 valence electrons. The van der Waals surface area contributed by atoms with E-state index in [9.17, 15) is 0 Å². The molecule has 0 radical (unpaired) electrons. The monoisotopic (exact) mass is 177 g/mol. The number of pyridine rings is 1. The van der Waals surface area contributed by atoms with E-state index in [1.165, 1.54) is 0 Å². The van der Waals surface area contributed by atoms with E-state index < -0.39 is 0 Å². The molecule has 0 saturated heterocycles. The molecular weight excluding hydrogens is 166 g/mol. The second-order valence-electron chi connectivity index (χ2n) is 2.93. The van der Waals surface area contributed by atoms with Gasteiger partial charge in [-0.3, -0.25) is 0 Å². The van der Waals surface area contributed by atoms with Crippen molar-refractivity contribution in [3.63, 3.8) is 0 Å². The predicted molar refractivity (Wildman–Crippen MR) is 50.1 cm³/mol. The van der Waals surface area contributed by atoms with Gasteiger partial charge in [0.1, 0.15) is 5.65 Å². The zero-order valence-electron chi connectivity index (χ0n) is 7.07. The molecular formula is C9H11N3O. The third kappa shape index (κ3) is 1.30. The Balaban J connectivity index is 2.57. The van der Waals surface area contributed by atoms with Gasteiger partial charge in [-0.05, 0) is 17.7 Å². The highest BCUT2D eigenvalue weighted by Gasteiger charge is 2.10. The number of aliphatic hydroxyl groups is 1. The van der Waals surface area contributed by atoms with E-state index in [0.29, 0.717) is 0 Å². The number of nitrogens with one attached hydrogen (secondary N) is 1. The van der Waals surface area contributed by atoms with Crippen molar-refractivity contribution in [2.45, 2.75) is 6.04 Å². The van der Waals surface area contributed by atoms with Crippen LogP contribution in [0.3, 0.4) is 0 Å². The molecule has 0 amide bonds. The van der Waals surface area contributed by atoms with E-state index in [0.717, 1.165) is 16.6 Å². The van der Waals surface area contributed by atoms with E-state index in [4.69, 9.17) is 10.8 Å². The molecule has 4 heteroatoms. The smallest absolute Gasteiger partial charge is 0.137 e. The first-order valence-electron chi connectivity index (χ1n) is 4.11. The van der Waals surface area contributed by atoms with Gasteiger partial charge < -0.3 is 15.8 Å². The molecule has 1 unspecified atom stereocenters. The lowest BCUT2D eigenvalue weighted by atomic mass is 10.1. The van der Waals surface area contributed by atoms with Crippen molar-refractivity contribution in [3.05, 3.63) is 30.1 Å². The quantitative estimate of drug-likeness (QED) is 0.627. The maximum Gasteiger partial charge on any atom is 0.137 e. The lowest BCUT2D eigenvalue weighted by Gasteiger charge is -2.05. The number of nitrogens with two attached hydrogens (primary N) is 1. The summed E-state index contributed by atoms with van der Waals surface area (Å²) in [5.74, 6) is 0. The van der Waals surface area contributed by atoms with Gasteiger partial charge in [-0.2, -0.15) is 0 Å². The zero-order valence-corrected chi connectivity index (χ0v) is 7.07. The standard InChI is InChI=1S/C9H11N3O/c10-8(5-13)7-4-12-9-6(7)2-1-3-11-9/h1-4,8,13H,5,10H2,(H,11,12). The maximum atomic E-state index is 8.91. The van der Waals surface area contributed by atoms with Crippen molar-refractivity contribution in [2.75, 3.05) is 6.61 Å². The molecule has 2 heterocycles. The van der Waals surface area contributed by atoms with Gasteiger partial charge in [-0.15, -0.1) is 0 Å². The fraction of sp³-hybridized carbons (Fsp3) is 0.222. The maximum absolute atomic E-state index is 8.91. The van der Waals surface area contributed by atoms with Crippen LogP contribution in [0.5, 0.6) is 0 Å². The number of H-pyrrole nitrogens is 1. The van der Waals surface area contributed by atoms with Crippen LogP contribution in [0.25, 0.3) is 11.0 Å². The number of aliphatic hydroxyl groups excluding tert-OH is 1. The lowest BCUT2D eigenvalue weighted by molar-refractivity contribution is 0.268. The third-order valence-corrected chi connectivity index (χ3v) is 2.08. The summed E-state index contributed by atoms with van der Waals surface area (Å²) in [4.78, 5) is 7.13. The van der Waals surface area contributed by atoms with Crippen LogP contribution < -0.4 is 5.73 Å². The minimum Gasteiger partial charge on any atom is -0.394 e. The minimum absolute atomic E-state index is 0.0537. The molecule has 0 fully saturated rings. The van der Waals surface area contributed by atoms with Gasteiger partial charge >= 0.3 is 0 Å². The van der Waals surface area contributed by atoms with Crippen LogP contribution >= 0.6 is 0 Å². The number of aromatic nitrogens is 2.